The normalized spacial score (nSPS) is 15.7. The lowest BCUT2D eigenvalue weighted by Crippen LogP contribution is -2.20. The van der Waals surface area contributed by atoms with E-state index in [0.717, 1.165) is 29.0 Å². The van der Waals surface area contributed by atoms with Gasteiger partial charge >= 0.3 is 5.97 Å². The number of thiophene rings is 1. The predicted molar refractivity (Wildman–Crippen MR) is 115 cm³/mol. The average Bonchev–Trinajstić information content (AvgIpc) is 3.29. The number of benzene rings is 1. The second kappa shape index (κ2) is 8.66. The molecule has 0 spiro atoms. The topological polar surface area (TPSA) is 85.4 Å². The Morgan fingerprint density at radius 2 is 1.90 bits per heavy atom. The van der Waals surface area contributed by atoms with Crippen LogP contribution in [0.3, 0.4) is 0 Å². The molecule has 150 valence electrons. The van der Waals surface area contributed by atoms with Crippen LogP contribution in [0, 0.1) is 0 Å². The van der Waals surface area contributed by atoms with Gasteiger partial charge in [-0.2, -0.15) is 0 Å². The fraction of sp³-hybridized carbons (Fsp3) is 0.304. The molecule has 0 bridgehead atoms. The summed E-state index contributed by atoms with van der Waals surface area (Å²) >= 11 is 1.59. The summed E-state index contributed by atoms with van der Waals surface area (Å²) in [4.78, 5) is 17.6. The number of ether oxygens (including phenoxy) is 1. The van der Waals surface area contributed by atoms with Crippen molar-refractivity contribution in [1.29, 1.82) is 0 Å². The van der Waals surface area contributed by atoms with Crippen molar-refractivity contribution in [3.63, 3.8) is 0 Å². The van der Waals surface area contributed by atoms with Crippen LogP contribution in [0.15, 0.2) is 53.9 Å². The van der Waals surface area contributed by atoms with E-state index in [-0.39, 0.29) is 5.88 Å². The van der Waals surface area contributed by atoms with Crippen molar-refractivity contribution in [3.8, 4) is 16.5 Å². The summed E-state index contributed by atoms with van der Waals surface area (Å²) in [6.07, 6.45) is 4.61. The fourth-order valence-corrected chi connectivity index (χ4v) is 4.63. The van der Waals surface area contributed by atoms with Crippen molar-refractivity contribution >= 4 is 23.0 Å². The van der Waals surface area contributed by atoms with E-state index >= 15 is 0 Å². The first-order chi connectivity index (χ1) is 14.1. The molecule has 5 nitrogen and oxygen atoms in total. The second-order valence-corrected chi connectivity index (χ2v) is 8.32. The summed E-state index contributed by atoms with van der Waals surface area (Å²) in [5.41, 5.74) is 9.30. The van der Waals surface area contributed by atoms with Gasteiger partial charge in [0.1, 0.15) is 0 Å². The third-order valence-electron chi connectivity index (χ3n) is 5.43. The van der Waals surface area contributed by atoms with Gasteiger partial charge in [0.2, 0.25) is 12.0 Å². The highest BCUT2D eigenvalue weighted by molar-refractivity contribution is 7.13. The van der Waals surface area contributed by atoms with Crippen molar-refractivity contribution in [2.24, 2.45) is 0 Å². The van der Waals surface area contributed by atoms with Crippen LogP contribution in [0.5, 0.6) is 5.88 Å². The van der Waals surface area contributed by atoms with Gasteiger partial charge in [-0.15, -0.1) is 11.3 Å². The number of carboxylic acid groups (broad SMARTS) is 1. The van der Waals surface area contributed by atoms with Crippen LogP contribution in [0.25, 0.3) is 10.6 Å². The summed E-state index contributed by atoms with van der Waals surface area (Å²) < 4.78 is 5.93. The van der Waals surface area contributed by atoms with Crippen LogP contribution < -0.4 is 10.5 Å². The quantitative estimate of drug-likeness (QED) is 0.551. The Bertz CT molecular complexity index is 967. The first-order valence-corrected chi connectivity index (χ1v) is 10.8. The number of hydrogen-bond donors (Lipinski definition) is 2. The highest BCUT2D eigenvalue weighted by atomic mass is 32.1. The molecule has 0 amide bonds. The molecule has 29 heavy (non-hydrogen) atoms. The highest BCUT2D eigenvalue weighted by Gasteiger charge is 2.27. The van der Waals surface area contributed by atoms with Crippen LogP contribution >= 0.6 is 11.3 Å². The number of nitrogens with two attached hydrogens (primary N) is 1. The Labute approximate surface area is 174 Å². The molecule has 1 aliphatic carbocycles. The van der Waals surface area contributed by atoms with Crippen LogP contribution in [0.4, 0.5) is 5.69 Å². The van der Waals surface area contributed by atoms with Gasteiger partial charge in [0.05, 0.1) is 16.3 Å². The zero-order valence-corrected chi connectivity index (χ0v) is 16.9. The maximum Gasteiger partial charge on any atom is 0.349 e. The number of carbonyl (C=O) groups is 1. The molecule has 0 radical (unpaired) electrons. The molecule has 3 aromatic rings. The molecular weight excluding hydrogens is 384 g/mol. The molecular formula is C23H24N2O3S. The van der Waals surface area contributed by atoms with Crippen LogP contribution in [0.1, 0.15) is 55.3 Å². The number of aromatic nitrogens is 1. The van der Waals surface area contributed by atoms with Crippen molar-refractivity contribution in [3.05, 3.63) is 65.0 Å². The third kappa shape index (κ3) is 4.27. The van der Waals surface area contributed by atoms with Gasteiger partial charge in [0.15, 0.2) is 0 Å². The Balaban J connectivity index is 1.76. The number of rotatable bonds is 6. The summed E-state index contributed by atoms with van der Waals surface area (Å²) in [5.74, 6) is -0.515. The minimum atomic E-state index is -1.16. The molecule has 3 N–H and O–H groups in total. The Morgan fingerprint density at radius 1 is 1.14 bits per heavy atom. The van der Waals surface area contributed by atoms with E-state index in [1.807, 2.05) is 23.6 Å². The van der Waals surface area contributed by atoms with E-state index in [1.165, 1.54) is 19.3 Å². The second-order valence-electron chi connectivity index (χ2n) is 7.37. The van der Waals surface area contributed by atoms with Crippen molar-refractivity contribution in [1.82, 2.24) is 4.98 Å². The minimum absolute atomic E-state index is 0.202. The van der Waals surface area contributed by atoms with E-state index in [2.05, 4.69) is 11.1 Å². The summed E-state index contributed by atoms with van der Waals surface area (Å²) in [6, 6.07) is 14.9. The molecule has 2 aromatic heterocycles. The average molecular weight is 409 g/mol. The smallest absolute Gasteiger partial charge is 0.349 e. The molecule has 0 saturated heterocycles. The number of nitrogen functional groups attached to an aromatic ring is 1. The number of nitrogens with zero attached hydrogens (tertiary/aromatic N) is 1. The van der Waals surface area contributed by atoms with Gasteiger partial charge < -0.3 is 15.6 Å². The number of pyridine rings is 1. The summed E-state index contributed by atoms with van der Waals surface area (Å²) in [5, 5.41) is 11.8. The predicted octanol–water partition coefficient (Wildman–Crippen LogP) is 5.64. The first-order valence-electron chi connectivity index (χ1n) is 9.92. The van der Waals surface area contributed by atoms with Gasteiger partial charge in [-0.1, -0.05) is 55.7 Å². The maximum atomic E-state index is 11.9. The summed E-state index contributed by atoms with van der Waals surface area (Å²) in [7, 11) is 0. The zero-order valence-electron chi connectivity index (χ0n) is 16.1. The lowest BCUT2D eigenvalue weighted by atomic mass is 9.83. The van der Waals surface area contributed by atoms with Gasteiger partial charge in [-0.05, 0) is 41.8 Å². The largest absolute Gasteiger partial charge is 0.478 e. The number of aliphatic carboxylic acids is 1. The van der Waals surface area contributed by atoms with E-state index < -0.39 is 12.1 Å². The van der Waals surface area contributed by atoms with Crippen molar-refractivity contribution < 1.29 is 14.6 Å². The monoisotopic (exact) mass is 408 g/mol. The van der Waals surface area contributed by atoms with Crippen molar-refractivity contribution in [2.75, 3.05) is 5.73 Å². The molecule has 4 rings (SSSR count). The maximum absolute atomic E-state index is 11.9. The van der Waals surface area contributed by atoms with Gasteiger partial charge in [-0.25, -0.2) is 9.78 Å². The fourth-order valence-electron chi connectivity index (χ4n) is 3.94. The Kier molecular flexibility index (Phi) is 5.81. The minimum Gasteiger partial charge on any atom is -0.478 e. The van der Waals surface area contributed by atoms with E-state index in [9.17, 15) is 9.90 Å². The summed E-state index contributed by atoms with van der Waals surface area (Å²) in [6.45, 7) is 0. The van der Waals surface area contributed by atoms with Crippen LogP contribution in [-0.4, -0.2) is 16.1 Å². The SMILES string of the molecule is Nc1c(C2CCCCC2)cc(-c2cccs2)nc1OC(C(=O)O)c1ccccc1. The first kappa shape index (κ1) is 19.5. The molecule has 1 atom stereocenters. The molecule has 0 aliphatic heterocycles. The molecule has 1 aromatic carbocycles. The lowest BCUT2D eigenvalue weighted by molar-refractivity contribution is -0.145. The molecule has 1 saturated carbocycles. The molecule has 6 heteroatoms. The Morgan fingerprint density at radius 3 is 2.55 bits per heavy atom. The third-order valence-corrected chi connectivity index (χ3v) is 6.32. The van der Waals surface area contributed by atoms with E-state index in [4.69, 9.17) is 10.5 Å². The zero-order chi connectivity index (χ0) is 20.2. The van der Waals surface area contributed by atoms with Crippen LogP contribution in [0.2, 0.25) is 0 Å². The Hall–Kier alpha value is -2.86. The van der Waals surface area contributed by atoms with E-state index in [0.29, 0.717) is 17.2 Å². The number of anilines is 1. The van der Waals surface area contributed by atoms with Crippen molar-refractivity contribution in [2.45, 2.75) is 44.1 Å². The molecule has 1 unspecified atom stereocenters. The number of hydrogen-bond acceptors (Lipinski definition) is 5. The van der Waals surface area contributed by atoms with Gasteiger partial charge in [0.25, 0.3) is 0 Å². The lowest BCUT2D eigenvalue weighted by Gasteiger charge is -2.25. The highest BCUT2D eigenvalue weighted by Crippen LogP contribution is 2.41. The van der Waals surface area contributed by atoms with E-state index in [1.54, 1.807) is 35.6 Å². The van der Waals surface area contributed by atoms with Gasteiger partial charge in [-0.3, -0.25) is 0 Å². The molecule has 2 heterocycles. The van der Waals surface area contributed by atoms with Crippen LogP contribution in [-0.2, 0) is 4.79 Å². The molecule has 1 aliphatic rings. The standard InChI is InChI=1S/C23H24N2O3S/c24-20-17(15-8-3-1-4-9-15)14-18(19-12-7-13-29-19)25-22(20)28-21(23(26)27)16-10-5-2-6-11-16/h2,5-7,10-15,21H,1,3-4,8-9,24H2,(H,26,27). The number of carboxylic acids is 1. The molecule has 1 fully saturated rings. The van der Waals surface area contributed by atoms with Gasteiger partial charge in [0, 0.05) is 5.56 Å².